The molecule has 1 heterocycles. The lowest BCUT2D eigenvalue weighted by atomic mass is 10.1. The van der Waals surface area contributed by atoms with Crippen LogP contribution in [-0.4, -0.2) is 15.1 Å². The van der Waals surface area contributed by atoms with E-state index in [1.54, 1.807) is 6.07 Å². The van der Waals surface area contributed by atoms with Crippen LogP contribution in [0, 0.1) is 17.0 Å². The number of benzene rings is 1. The van der Waals surface area contributed by atoms with Crippen LogP contribution in [0.2, 0.25) is 0 Å². The highest BCUT2D eigenvalue weighted by molar-refractivity contribution is 6.16. The molecule has 1 aromatic carbocycles. The molecule has 0 bridgehead atoms. The molecule has 0 aliphatic rings. The monoisotopic (exact) mass is 253 g/mol. The van der Waals surface area contributed by atoms with Crippen molar-refractivity contribution in [3.05, 3.63) is 39.8 Å². The number of aryl methyl sites for hydroxylation is 1. The highest BCUT2D eigenvalue weighted by Crippen LogP contribution is 2.26. The van der Waals surface area contributed by atoms with E-state index >= 15 is 0 Å². The Balaban J connectivity index is 2.49. The second kappa shape index (κ2) is 4.50. The Labute approximate surface area is 101 Å². The van der Waals surface area contributed by atoms with Crippen molar-refractivity contribution in [3.8, 4) is 11.5 Å². The Hall–Kier alpha value is -1.95. The molecule has 6 nitrogen and oxygen atoms in total. The van der Waals surface area contributed by atoms with Gasteiger partial charge in [0.15, 0.2) is 0 Å². The van der Waals surface area contributed by atoms with Gasteiger partial charge in [-0.15, -0.1) is 21.8 Å². The number of halogens is 1. The fourth-order valence-corrected chi connectivity index (χ4v) is 1.48. The van der Waals surface area contributed by atoms with Gasteiger partial charge in [0.05, 0.1) is 4.92 Å². The zero-order valence-corrected chi connectivity index (χ0v) is 9.64. The Morgan fingerprint density at radius 1 is 1.47 bits per heavy atom. The first-order chi connectivity index (χ1) is 8.11. The predicted octanol–water partition coefficient (Wildman–Crippen LogP) is 2.69. The summed E-state index contributed by atoms with van der Waals surface area (Å²) >= 11 is 5.54. The molecule has 0 spiro atoms. The van der Waals surface area contributed by atoms with E-state index < -0.39 is 4.92 Å². The zero-order valence-electron chi connectivity index (χ0n) is 8.88. The Morgan fingerprint density at radius 2 is 2.24 bits per heavy atom. The first-order valence-electron chi connectivity index (χ1n) is 4.75. The van der Waals surface area contributed by atoms with Crippen LogP contribution in [0.15, 0.2) is 22.6 Å². The van der Waals surface area contributed by atoms with Gasteiger partial charge in [-0.05, 0) is 12.5 Å². The van der Waals surface area contributed by atoms with E-state index in [0.29, 0.717) is 5.56 Å². The molecular formula is C10H8ClN3O3. The van der Waals surface area contributed by atoms with E-state index in [1.807, 2.05) is 6.92 Å². The fraction of sp³-hybridized carbons (Fsp3) is 0.200. The number of nitro benzene ring substituents is 1. The van der Waals surface area contributed by atoms with Crippen molar-refractivity contribution in [2.75, 3.05) is 0 Å². The molecule has 88 valence electrons. The molecule has 0 saturated heterocycles. The third-order valence-corrected chi connectivity index (χ3v) is 2.47. The summed E-state index contributed by atoms with van der Waals surface area (Å²) in [5, 5.41) is 18.2. The molecule has 2 rings (SSSR count). The second-order valence-electron chi connectivity index (χ2n) is 3.39. The van der Waals surface area contributed by atoms with E-state index in [2.05, 4.69) is 10.2 Å². The summed E-state index contributed by atoms with van der Waals surface area (Å²) in [6, 6.07) is 4.47. The molecule has 0 fully saturated rings. The third kappa shape index (κ3) is 2.26. The van der Waals surface area contributed by atoms with E-state index in [9.17, 15) is 10.1 Å². The van der Waals surface area contributed by atoms with Crippen LogP contribution in [-0.2, 0) is 5.88 Å². The average molecular weight is 254 g/mol. The van der Waals surface area contributed by atoms with Gasteiger partial charge in [0, 0.05) is 17.7 Å². The molecule has 0 unspecified atom stereocenters. The van der Waals surface area contributed by atoms with E-state index in [0.717, 1.165) is 5.56 Å². The molecule has 2 aromatic rings. The normalized spacial score (nSPS) is 10.5. The summed E-state index contributed by atoms with van der Waals surface area (Å²) in [6.45, 7) is 1.81. The number of nitro groups is 1. The van der Waals surface area contributed by atoms with Crippen LogP contribution in [0.1, 0.15) is 11.5 Å². The van der Waals surface area contributed by atoms with Gasteiger partial charge in [-0.2, -0.15) is 0 Å². The first kappa shape index (κ1) is 11.5. The number of rotatable bonds is 3. The van der Waals surface area contributed by atoms with E-state index in [4.69, 9.17) is 16.0 Å². The molecule has 0 aliphatic carbocycles. The number of aromatic nitrogens is 2. The largest absolute Gasteiger partial charge is 0.419 e. The number of alkyl halides is 1. The maximum absolute atomic E-state index is 10.7. The van der Waals surface area contributed by atoms with Crippen molar-refractivity contribution in [1.29, 1.82) is 0 Å². The lowest BCUT2D eigenvalue weighted by molar-refractivity contribution is -0.384. The zero-order chi connectivity index (χ0) is 12.4. The van der Waals surface area contributed by atoms with Crippen LogP contribution in [0.4, 0.5) is 5.69 Å². The summed E-state index contributed by atoms with van der Waals surface area (Å²) in [4.78, 5) is 10.2. The smallest absolute Gasteiger partial charge is 0.270 e. The van der Waals surface area contributed by atoms with Gasteiger partial charge in [-0.25, -0.2) is 0 Å². The van der Waals surface area contributed by atoms with Gasteiger partial charge in [0.25, 0.3) is 5.69 Å². The molecule has 7 heteroatoms. The van der Waals surface area contributed by atoms with Crippen LogP contribution in [0.5, 0.6) is 0 Å². The van der Waals surface area contributed by atoms with Gasteiger partial charge in [0.2, 0.25) is 11.8 Å². The molecule has 0 atom stereocenters. The maximum atomic E-state index is 10.7. The standard InChI is InChI=1S/C10H8ClN3O3/c1-6-2-3-7(14(15)16)4-8(6)10-13-12-9(5-11)17-10/h2-4H,5H2,1H3. The highest BCUT2D eigenvalue weighted by Gasteiger charge is 2.15. The van der Waals surface area contributed by atoms with Crippen molar-refractivity contribution in [2.24, 2.45) is 0 Å². The minimum atomic E-state index is -0.470. The van der Waals surface area contributed by atoms with Crippen LogP contribution in [0.3, 0.4) is 0 Å². The van der Waals surface area contributed by atoms with Gasteiger partial charge >= 0.3 is 0 Å². The SMILES string of the molecule is Cc1ccc([N+](=O)[O-])cc1-c1nnc(CCl)o1. The van der Waals surface area contributed by atoms with Gasteiger partial charge in [-0.1, -0.05) is 6.07 Å². The fourth-order valence-electron chi connectivity index (χ4n) is 1.37. The Bertz CT molecular complexity index is 568. The molecule has 0 amide bonds. The van der Waals surface area contributed by atoms with Crippen molar-refractivity contribution in [3.63, 3.8) is 0 Å². The summed E-state index contributed by atoms with van der Waals surface area (Å²) in [6.07, 6.45) is 0. The Kier molecular flexibility index (Phi) is 3.06. The topological polar surface area (TPSA) is 82.1 Å². The van der Waals surface area contributed by atoms with Gasteiger partial charge < -0.3 is 4.42 Å². The highest BCUT2D eigenvalue weighted by atomic mass is 35.5. The van der Waals surface area contributed by atoms with Crippen molar-refractivity contribution >= 4 is 17.3 Å². The number of nitrogens with zero attached hydrogens (tertiary/aromatic N) is 3. The lowest BCUT2D eigenvalue weighted by Crippen LogP contribution is -1.90. The van der Waals surface area contributed by atoms with Crippen molar-refractivity contribution in [1.82, 2.24) is 10.2 Å². The molecule has 1 aromatic heterocycles. The predicted molar refractivity (Wildman–Crippen MR) is 60.7 cm³/mol. The number of hydrogen-bond donors (Lipinski definition) is 0. The summed E-state index contributed by atoms with van der Waals surface area (Å²) < 4.78 is 5.26. The van der Waals surface area contributed by atoms with E-state index in [1.165, 1.54) is 12.1 Å². The lowest BCUT2D eigenvalue weighted by Gasteiger charge is -2.00. The minimum Gasteiger partial charge on any atom is -0.419 e. The second-order valence-corrected chi connectivity index (χ2v) is 3.66. The summed E-state index contributed by atoms with van der Waals surface area (Å²) in [7, 11) is 0. The summed E-state index contributed by atoms with van der Waals surface area (Å²) in [5.74, 6) is 0.635. The Morgan fingerprint density at radius 3 is 2.82 bits per heavy atom. The quantitative estimate of drug-likeness (QED) is 0.477. The number of non-ortho nitro benzene ring substituents is 1. The summed E-state index contributed by atoms with van der Waals surface area (Å²) in [5.41, 5.74) is 1.35. The van der Waals surface area contributed by atoms with Crippen LogP contribution >= 0.6 is 11.6 Å². The third-order valence-electron chi connectivity index (χ3n) is 2.24. The number of hydrogen-bond acceptors (Lipinski definition) is 5. The molecule has 0 aliphatic heterocycles. The molecular weight excluding hydrogens is 246 g/mol. The average Bonchev–Trinajstić information content (AvgIpc) is 2.77. The minimum absolute atomic E-state index is 0.0174. The van der Waals surface area contributed by atoms with Crippen molar-refractivity contribution < 1.29 is 9.34 Å². The first-order valence-corrected chi connectivity index (χ1v) is 5.29. The molecule has 0 radical (unpaired) electrons. The maximum Gasteiger partial charge on any atom is 0.270 e. The van der Waals surface area contributed by atoms with Crippen LogP contribution in [0.25, 0.3) is 11.5 Å². The molecule has 0 N–H and O–H groups in total. The van der Waals surface area contributed by atoms with Crippen LogP contribution < -0.4 is 0 Å². The molecule has 0 saturated carbocycles. The van der Waals surface area contributed by atoms with Crippen molar-refractivity contribution in [2.45, 2.75) is 12.8 Å². The van der Waals surface area contributed by atoms with E-state index in [-0.39, 0.29) is 23.3 Å². The van der Waals surface area contributed by atoms with Gasteiger partial charge in [0.1, 0.15) is 5.88 Å². The van der Waals surface area contributed by atoms with Gasteiger partial charge in [-0.3, -0.25) is 10.1 Å². The molecule has 17 heavy (non-hydrogen) atoms.